The van der Waals surface area contributed by atoms with E-state index >= 15 is 0 Å². The van der Waals surface area contributed by atoms with Crippen molar-refractivity contribution >= 4 is 17.4 Å². The van der Waals surface area contributed by atoms with E-state index < -0.39 is 0 Å². The van der Waals surface area contributed by atoms with Crippen LogP contribution in [-0.2, 0) is 0 Å². The van der Waals surface area contributed by atoms with Crippen LogP contribution >= 0.6 is 11.3 Å². The van der Waals surface area contributed by atoms with Gasteiger partial charge in [0.25, 0.3) is 0 Å². The molecule has 2 heterocycles. The monoisotopic (exact) mass is 269 g/mol. The first-order chi connectivity index (χ1) is 9.43. The molecule has 0 saturated carbocycles. The smallest absolute Gasteiger partial charge is 0.0360 e. The lowest BCUT2D eigenvalue weighted by atomic mass is 10.1. The first kappa shape index (κ1) is 12.6. The number of thiophene rings is 1. The average molecular weight is 269 g/mol. The molecule has 98 valence electrons. The number of rotatable bonds is 4. The summed E-state index contributed by atoms with van der Waals surface area (Å²) in [5.74, 6) is 0. The molecule has 1 aromatic carbocycles. The Hall–Kier alpha value is -1.38. The Kier molecular flexibility index (Phi) is 4.11. The molecule has 1 aliphatic rings. The van der Waals surface area contributed by atoms with Gasteiger partial charge in [-0.1, -0.05) is 42.5 Å². The molecule has 1 fully saturated rings. The minimum absolute atomic E-state index is 0.631. The van der Waals surface area contributed by atoms with Gasteiger partial charge in [0.2, 0.25) is 0 Å². The minimum Gasteiger partial charge on any atom is -0.293 e. The van der Waals surface area contributed by atoms with Gasteiger partial charge < -0.3 is 0 Å². The maximum absolute atomic E-state index is 2.58. The maximum atomic E-state index is 2.58. The van der Waals surface area contributed by atoms with Crippen molar-refractivity contribution in [3.63, 3.8) is 0 Å². The standard InChI is InChI=1S/C17H19NS/c1-2-6-15(7-3-1)8-4-11-18-12-5-9-17(18)16-10-13-19-14-16/h1-4,6-8,10,13-14,17H,5,9,11-12H2/b8-4+. The van der Waals surface area contributed by atoms with Crippen molar-refractivity contribution in [2.75, 3.05) is 13.1 Å². The summed E-state index contributed by atoms with van der Waals surface area (Å²) in [6, 6.07) is 13.4. The van der Waals surface area contributed by atoms with Crippen LogP contribution in [0.3, 0.4) is 0 Å². The van der Waals surface area contributed by atoms with Gasteiger partial charge >= 0.3 is 0 Å². The van der Waals surface area contributed by atoms with Crippen LogP contribution in [0.1, 0.15) is 30.0 Å². The summed E-state index contributed by atoms with van der Waals surface area (Å²) in [5, 5.41) is 4.48. The molecule has 1 unspecified atom stereocenters. The van der Waals surface area contributed by atoms with E-state index in [1.165, 1.54) is 30.5 Å². The highest BCUT2D eigenvalue weighted by Gasteiger charge is 2.24. The van der Waals surface area contributed by atoms with Crippen molar-refractivity contribution in [2.24, 2.45) is 0 Å². The van der Waals surface area contributed by atoms with E-state index in [9.17, 15) is 0 Å². The zero-order valence-corrected chi connectivity index (χ0v) is 11.9. The zero-order valence-electron chi connectivity index (χ0n) is 11.0. The Labute approximate surface area is 119 Å². The highest BCUT2D eigenvalue weighted by Crippen LogP contribution is 2.32. The SMILES string of the molecule is C(=C\c1ccccc1)/CN1CCCC1c1ccsc1. The van der Waals surface area contributed by atoms with E-state index in [-0.39, 0.29) is 0 Å². The summed E-state index contributed by atoms with van der Waals surface area (Å²) in [5.41, 5.74) is 2.78. The summed E-state index contributed by atoms with van der Waals surface area (Å²) in [6.45, 7) is 2.27. The fourth-order valence-corrected chi connectivity index (χ4v) is 3.48. The molecule has 2 heteroatoms. The van der Waals surface area contributed by atoms with Crippen molar-refractivity contribution in [3.05, 3.63) is 64.4 Å². The normalized spacial score (nSPS) is 20.3. The zero-order chi connectivity index (χ0) is 12.9. The van der Waals surface area contributed by atoms with Crippen molar-refractivity contribution in [3.8, 4) is 0 Å². The van der Waals surface area contributed by atoms with Crippen LogP contribution in [0.5, 0.6) is 0 Å². The van der Waals surface area contributed by atoms with E-state index in [2.05, 4.69) is 64.2 Å². The fraction of sp³-hybridized carbons (Fsp3) is 0.294. The van der Waals surface area contributed by atoms with Gasteiger partial charge in [-0.25, -0.2) is 0 Å². The van der Waals surface area contributed by atoms with Crippen LogP contribution in [0.4, 0.5) is 0 Å². The Morgan fingerprint density at radius 3 is 2.89 bits per heavy atom. The number of nitrogens with zero attached hydrogens (tertiary/aromatic N) is 1. The average Bonchev–Trinajstić information content (AvgIpc) is 3.10. The Morgan fingerprint density at radius 2 is 2.11 bits per heavy atom. The first-order valence-corrected chi connectivity index (χ1v) is 7.85. The predicted molar refractivity (Wildman–Crippen MR) is 83.3 cm³/mol. The molecule has 2 aromatic rings. The number of benzene rings is 1. The molecular formula is C17H19NS. The second-order valence-corrected chi connectivity index (χ2v) is 5.80. The van der Waals surface area contributed by atoms with Crippen LogP contribution in [0.25, 0.3) is 6.08 Å². The molecule has 0 amide bonds. The van der Waals surface area contributed by atoms with Crippen LogP contribution < -0.4 is 0 Å². The predicted octanol–water partition coefficient (Wildman–Crippen LogP) is 4.60. The summed E-state index contributed by atoms with van der Waals surface area (Å²) >= 11 is 1.80. The molecule has 0 radical (unpaired) electrons. The van der Waals surface area contributed by atoms with Crippen molar-refractivity contribution in [1.82, 2.24) is 4.90 Å². The van der Waals surface area contributed by atoms with E-state index in [4.69, 9.17) is 0 Å². The first-order valence-electron chi connectivity index (χ1n) is 6.91. The molecule has 1 nitrogen and oxygen atoms in total. The third kappa shape index (κ3) is 3.14. The molecule has 0 aliphatic carbocycles. The van der Waals surface area contributed by atoms with Gasteiger partial charge in [-0.2, -0.15) is 11.3 Å². The van der Waals surface area contributed by atoms with Crippen LogP contribution in [0, 0.1) is 0 Å². The summed E-state index contributed by atoms with van der Waals surface area (Å²) in [7, 11) is 0. The summed E-state index contributed by atoms with van der Waals surface area (Å²) in [6.07, 6.45) is 7.14. The van der Waals surface area contributed by atoms with Crippen LogP contribution in [0.2, 0.25) is 0 Å². The molecule has 1 saturated heterocycles. The van der Waals surface area contributed by atoms with Crippen LogP contribution in [0.15, 0.2) is 53.2 Å². The maximum Gasteiger partial charge on any atom is 0.0360 e. The van der Waals surface area contributed by atoms with Crippen molar-refractivity contribution in [1.29, 1.82) is 0 Å². The molecule has 0 spiro atoms. The lowest BCUT2D eigenvalue weighted by Crippen LogP contribution is -2.22. The van der Waals surface area contributed by atoms with Gasteiger partial charge in [-0.15, -0.1) is 0 Å². The molecule has 3 rings (SSSR count). The Bertz CT molecular complexity index is 515. The Morgan fingerprint density at radius 1 is 1.21 bits per heavy atom. The molecule has 0 bridgehead atoms. The minimum atomic E-state index is 0.631. The van der Waals surface area contributed by atoms with E-state index in [1.54, 1.807) is 11.3 Å². The van der Waals surface area contributed by atoms with Gasteiger partial charge in [0.1, 0.15) is 0 Å². The van der Waals surface area contributed by atoms with Gasteiger partial charge in [-0.05, 0) is 47.3 Å². The van der Waals surface area contributed by atoms with E-state index in [0.717, 1.165) is 6.54 Å². The van der Waals surface area contributed by atoms with E-state index in [1.807, 2.05) is 0 Å². The lowest BCUT2D eigenvalue weighted by molar-refractivity contribution is 0.286. The van der Waals surface area contributed by atoms with Crippen LogP contribution in [-0.4, -0.2) is 18.0 Å². The molecule has 1 aliphatic heterocycles. The van der Waals surface area contributed by atoms with Crippen molar-refractivity contribution in [2.45, 2.75) is 18.9 Å². The third-order valence-electron chi connectivity index (χ3n) is 3.74. The largest absolute Gasteiger partial charge is 0.293 e. The third-order valence-corrected chi connectivity index (χ3v) is 4.44. The quantitative estimate of drug-likeness (QED) is 0.784. The molecule has 1 atom stereocenters. The number of likely N-dealkylation sites (tertiary alicyclic amines) is 1. The van der Waals surface area contributed by atoms with Gasteiger partial charge in [0.15, 0.2) is 0 Å². The number of hydrogen-bond donors (Lipinski definition) is 0. The topological polar surface area (TPSA) is 3.24 Å². The highest BCUT2D eigenvalue weighted by molar-refractivity contribution is 7.07. The Balaban J connectivity index is 1.62. The molecule has 0 N–H and O–H groups in total. The van der Waals surface area contributed by atoms with E-state index in [0.29, 0.717) is 6.04 Å². The van der Waals surface area contributed by atoms with Crippen molar-refractivity contribution < 1.29 is 0 Å². The summed E-state index contributed by atoms with van der Waals surface area (Å²) < 4.78 is 0. The van der Waals surface area contributed by atoms with Gasteiger partial charge in [0, 0.05) is 12.6 Å². The number of hydrogen-bond acceptors (Lipinski definition) is 2. The fourth-order valence-electron chi connectivity index (χ4n) is 2.78. The second-order valence-electron chi connectivity index (χ2n) is 5.02. The van der Waals surface area contributed by atoms with Gasteiger partial charge in [-0.3, -0.25) is 4.90 Å². The molecule has 1 aromatic heterocycles. The van der Waals surface area contributed by atoms with Gasteiger partial charge in [0.05, 0.1) is 0 Å². The highest BCUT2D eigenvalue weighted by atomic mass is 32.1. The molecular weight excluding hydrogens is 250 g/mol. The molecule has 19 heavy (non-hydrogen) atoms. The lowest BCUT2D eigenvalue weighted by Gasteiger charge is -2.22. The second kappa shape index (κ2) is 6.18. The summed E-state index contributed by atoms with van der Waals surface area (Å²) in [4.78, 5) is 2.58.